The van der Waals surface area contributed by atoms with Gasteiger partial charge < -0.3 is 10.1 Å². The molecule has 1 unspecified atom stereocenters. The molecule has 5 heteroatoms. The zero-order chi connectivity index (χ0) is 14.3. The molecule has 0 aliphatic rings. The average molecular weight is 332 g/mol. The minimum Gasteiger partial charge on any atom is -0.466 e. The fourth-order valence-corrected chi connectivity index (χ4v) is 2.44. The first-order valence-corrected chi connectivity index (χ1v) is 7.17. The molecular weight excluding hydrogens is 313 g/mol. The lowest BCUT2D eigenvalue weighted by Crippen LogP contribution is -2.21. The quantitative estimate of drug-likeness (QED) is 0.613. The Kier molecular flexibility index (Phi) is 7.02. The fraction of sp³-hybridized carbons (Fsp3) is 0.500. The summed E-state index contributed by atoms with van der Waals surface area (Å²) in [6.07, 6.45) is 1.14. The molecule has 1 rings (SSSR count). The second-order valence-electron chi connectivity index (χ2n) is 4.25. The van der Waals surface area contributed by atoms with Gasteiger partial charge in [0.25, 0.3) is 0 Å². The maximum atomic E-state index is 13.0. The number of nitrogens with one attached hydrogen (secondary N) is 1. The first-order chi connectivity index (χ1) is 9.04. The highest BCUT2D eigenvalue weighted by Gasteiger charge is 2.09. The minimum absolute atomic E-state index is 0.0946. The van der Waals surface area contributed by atoms with E-state index < -0.39 is 0 Å². The van der Waals surface area contributed by atoms with Crippen LogP contribution in [0.5, 0.6) is 0 Å². The number of carbonyl (C=O) groups is 1. The monoisotopic (exact) mass is 331 g/mol. The van der Waals surface area contributed by atoms with Crippen LogP contribution in [-0.2, 0) is 9.53 Å². The molecule has 0 fully saturated rings. The lowest BCUT2D eigenvalue weighted by atomic mass is 10.1. The number of benzene rings is 1. The summed E-state index contributed by atoms with van der Waals surface area (Å²) in [6.45, 7) is 4.93. The maximum absolute atomic E-state index is 13.0. The third kappa shape index (κ3) is 5.70. The van der Waals surface area contributed by atoms with Crippen molar-refractivity contribution in [3.63, 3.8) is 0 Å². The number of esters is 1. The van der Waals surface area contributed by atoms with Crippen molar-refractivity contribution in [3.8, 4) is 0 Å². The van der Waals surface area contributed by atoms with Gasteiger partial charge in [0.1, 0.15) is 5.82 Å². The second kappa shape index (κ2) is 8.27. The summed E-state index contributed by atoms with van der Waals surface area (Å²) >= 11 is 3.35. The molecule has 3 nitrogen and oxygen atoms in total. The van der Waals surface area contributed by atoms with Crippen molar-refractivity contribution < 1.29 is 13.9 Å². The van der Waals surface area contributed by atoms with Gasteiger partial charge in [-0.1, -0.05) is 22.0 Å². The molecule has 1 aromatic carbocycles. The van der Waals surface area contributed by atoms with Crippen LogP contribution in [0.2, 0.25) is 0 Å². The molecule has 0 amide bonds. The van der Waals surface area contributed by atoms with E-state index in [1.165, 1.54) is 12.1 Å². The summed E-state index contributed by atoms with van der Waals surface area (Å²) in [5.41, 5.74) is 0.998. The molecule has 0 aliphatic carbocycles. The van der Waals surface area contributed by atoms with Gasteiger partial charge >= 0.3 is 5.97 Å². The van der Waals surface area contributed by atoms with E-state index in [-0.39, 0.29) is 17.8 Å². The Balaban J connectivity index is 2.35. The summed E-state index contributed by atoms with van der Waals surface area (Å²) in [4.78, 5) is 11.2. The van der Waals surface area contributed by atoms with E-state index in [2.05, 4.69) is 21.2 Å². The van der Waals surface area contributed by atoms with E-state index in [0.29, 0.717) is 19.6 Å². The standard InChI is InChI=1S/C14H19BrFNO2/c1-3-19-14(18)5-4-8-17-10(2)12-7-6-11(16)9-13(12)15/h6-7,9-10,17H,3-5,8H2,1-2H3. The molecule has 19 heavy (non-hydrogen) atoms. The predicted octanol–water partition coefficient (Wildman–Crippen LogP) is 3.58. The smallest absolute Gasteiger partial charge is 0.305 e. The van der Waals surface area contributed by atoms with Gasteiger partial charge in [-0.15, -0.1) is 0 Å². The maximum Gasteiger partial charge on any atom is 0.305 e. The molecule has 1 N–H and O–H groups in total. The van der Waals surface area contributed by atoms with Crippen LogP contribution in [0.25, 0.3) is 0 Å². The van der Waals surface area contributed by atoms with E-state index >= 15 is 0 Å². The van der Waals surface area contributed by atoms with Crippen LogP contribution in [0.3, 0.4) is 0 Å². The molecule has 106 valence electrons. The molecule has 1 atom stereocenters. The highest BCUT2D eigenvalue weighted by atomic mass is 79.9. The van der Waals surface area contributed by atoms with Crippen LogP contribution >= 0.6 is 15.9 Å². The Bertz CT molecular complexity index is 426. The highest BCUT2D eigenvalue weighted by Crippen LogP contribution is 2.24. The van der Waals surface area contributed by atoms with Crippen molar-refractivity contribution in [1.82, 2.24) is 5.32 Å². The van der Waals surface area contributed by atoms with E-state index in [1.54, 1.807) is 13.0 Å². The van der Waals surface area contributed by atoms with Gasteiger partial charge in [-0.25, -0.2) is 4.39 Å². The largest absolute Gasteiger partial charge is 0.466 e. The first-order valence-electron chi connectivity index (χ1n) is 6.38. The summed E-state index contributed by atoms with van der Waals surface area (Å²) in [5, 5.41) is 3.30. The number of carbonyl (C=O) groups excluding carboxylic acids is 1. The van der Waals surface area contributed by atoms with Gasteiger partial charge in [0.15, 0.2) is 0 Å². The fourth-order valence-electron chi connectivity index (χ4n) is 1.75. The van der Waals surface area contributed by atoms with E-state index in [9.17, 15) is 9.18 Å². The van der Waals surface area contributed by atoms with Crippen LogP contribution < -0.4 is 5.32 Å². The molecule has 0 saturated heterocycles. The Hall–Kier alpha value is -0.940. The molecule has 0 spiro atoms. The predicted molar refractivity (Wildman–Crippen MR) is 76.4 cm³/mol. The Morgan fingerprint density at radius 2 is 2.26 bits per heavy atom. The molecule has 0 radical (unpaired) electrons. The number of hydrogen-bond donors (Lipinski definition) is 1. The van der Waals surface area contributed by atoms with Crippen molar-refractivity contribution in [1.29, 1.82) is 0 Å². The Labute approximate surface area is 121 Å². The number of ether oxygens (including phenoxy) is 1. The van der Waals surface area contributed by atoms with E-state index in [0.717, 1.165) is 16.5 Å². The van der Waals surface area contributed by atoms with Crippen molar-refractivity contribution >= 4 is 21.9 Å². The minimum atomic E-state index is -0.259. The van der Waals surface area contributed by atoms with Crippen molar-refractivity contribution in [3.05, 3.63) is 34.1 Å². The SMILES string of the molecule is CCOC(=O)CCCNC(C)c1ccc(F)cc1Br. The van der Waals surface area contributed by atoms with Gasteiger partial charge in [-0.3, -0.25) is 4.79 Å². The van der Waals surface area contributed by atoms with Crippen molar-refractivity contribution in [2.45, 2.75) is 32.7 Å². The Morgan fingerprint density at radius 3 is 2.89 bits per heavy atom. The molecule has 1 aromatic rings. The summed E-state index contributed by atoms with van der Waals surface area (Å²) in [5.74, 6) is -0.426. The van der Waals surface area contributed by atoms with Gasteiger partial charge in [0.05, 0.1) is 6.61 Å². The molecular formula is C14H19BrFNO2. The molecule has 0 bridgehead atoms. The van der Waals surface area contributed by atoms with Crippen LogP contribution in [0, 0.1) is 5.82 Å². The molecule has 0 aromatic heterocycles. The van der Waals surface area contributed by atoms with E-state index in [1.807, 2.05) is 6.92 Å². The lowest BCUT2D eigenvalue weighted by Gasteiger charge is -2.15. The first kappa shape index (κ1) is 16.1. The number of halogens is 2. The van der Waals surface area contributed by atoms with Crippen LogP contribution in [0.4, 0.5) is 4.39 Å². The zero-order valence-electron chi connectivity index (χ0n) is 11.2. The van der Waals surface area contributed by atoms with Gasteiger partial charge in [-0.2, -0.15) is 0 Å². The van der Waals surface area contributed by atoms with Crippen molar-refractivity contribution in [2.24, 2.45) is 0 Å². The van der Waals surface area contributed by atoms with Crippen LogP contribution in [0.15, 0.2) is 22.7 Å². The topological polar surface area (TPSA) is 38.3 Å². The zero-order valence-corrected chi connectivity index (χ0v) is 12.8. The normalized spacial score (nSPS) is 12.2. The molecule has 0 heterocycles. The van der Waals surface area contributed by atoms with Gasteiger partial charge in [0, 0.05) is 16.9 Å². The molecule has 0 saturated carbocycles. The average Bonchev–Trinajstić information content (AvgIpc) is 2.34. The van der Waals surface area contributed by atoms with Gasteiger partial charge in [-0.05, 0) is 44.5 Å². The Morgan fingerprint density at radius 1 is 1.53 bits per heavy atom. The third-order valence-electron chi connectivity index (χ3n) is 2.74. The van der Waals surface area contributed by atoms with Crippen LogP contribution in [-0.4, -0.2) is 19.1 Å². The van der Waals surface area contributed by atoms with Crippen LogP contribution in [0.1, 0.15) is 38.3 Å². The summed E-state index contributed by atoms with van der Waals surface area (Å²) in [6, 6.07) is 4.74. The highest BCUT2D eigenvalue weighted by molar-refractivity contribution is 9.10. The number of rotatable bonds is 7. The second-order valence-corrected chi connectivity index (χ2v) is 5.10. The van der Waals surface area contributed by atoms with Gasteiger partial charge in [0.2, 0.25) is 0 Å². The summed E-state index contributed by atoms with van der Waals surface area (Å²) < 4.78 is 18.6. The van der Waals surface area contributed by atoms with E-state index in [4.69, 9.17) is 4.74 Å². The molecule has 0 aliphatic heterocycles. The number of hydrogen-bond acceptors (Lipinski definition) is 3. The van der Waals surface area contributed by atoms with Crippen molar-refractivity contribution in [2.75, 3.05) is 13.2 Å². The third-order valence-corrected chi connectivity index (χ3v) is 3.43. The lowest BCUT2D eigenvalue weighted by molar-refractivity contribution is -0.143. The summed E-state index contributed by atoms with van der Waals surface area (Å²) in [7, 11) is 0.